The summed E-state index contributed by atoms with van der Waals surface area (Å²) in [7, 11) is 2.76. The highest BCUT2D eigenvalue weighted by atomic mass is 16.6. The lowest BCUT2D eigenvalue weighted by Gasteiger charge is -2.12. The molecule has 0 saturated heterocycles. The number of amides is 1. The molecule has 0 aliphatic heterocycles. The molecule has 3 aromatic carbocycles. The number of ether oxygens (including phenoxy) is 3. The number of carbonyl (C=O) groups excluding carboxylic acids is 2. The average Bonchev–Trinajstić information content (AvgIpc) is 2.76. The zero-order valence-electron chi connectivity index (χ0n) is 16.2. The van der Waals surface area contributed by atoms with Crippen molar-refractivity contribution >= 4 is 34.0 Å². The molecule has 0 atom stereocenters. The lowest BCUT2D eigenvalue weighted by Crippen LogP contribution is -2.21. The Bertz CT molecular complexity index is 1130. The van der Waals surface area contributed by atoms with Gasteiger partial charge in [0.2, 0.25) is 0 Å². The fourth-order valence-electron chi connectivity index (χ4n) is 2.84. The van der Waals surface area contributed by atoms with Crippen LogP contribution in [-0.4, -0.2) is 37.6 Å². The van der Waals surface area contributed by atoms with Crippen molar-refractivity contribution in [2.45, 2.75) is 0 Å². The number of nitrogens with zero attached hydrogens (tertiary/aromatic N) is 1. The van der Waals surface area contributed by atoms with Crippen LogP contribution in [0.3, 0.4) is 0 Å². The van der Waals surface area contributed by atoms with E-state index in [4.69, 9.17) is 14.2 Å². The van der Waals surface area contributed by atoms with Crippen LogP contribution in [0.4, 0.5) is 11.4 Å². The predicted octanol–water partition coefficient (Wildman–Crippen LogP) is 3.56. The minimum absolute atomic E-state index is 0.111. The second-order valence-electron chi connectivity index (χ2n) is 6.17. The molecule has 9 nitrogen and oxygen atoms in total. The standard InChI is InChI=1S/C21H18N2O7/c1-28-18-10-14-6-4-3-5-13(14)9-16(18)21(25)30-12-20(24)22-17-8-7-15(23(26)27)11-19(17)29-2/h3-11H,12H2,1-2H3,(H,22,24). The van der Waals surface area contributed by atoms with E-state index in [0.717, 1.165) is 10.8 Å². The molecule has 0 bridgehead atoms. The topological polar surface area (TPSA) is 117 Å². The summed E-state index contributed by atoms with van der Waals surface area (Å²) in [5.74, 6) is -0.908. The van der Waals surface area contributed by atoms with Crippen molar-refractivity contribution in [3.05, 3.63) is 70.3 Å². The summed E-state index contributed by atoms with van der Waals surface area (Å²) < 4.78 is 15.4. The van der Waals surface area contributed by atoms with E-state index in [2.05, 4.69) is 5.32 Å². The number of nitro groups is 1. The summed E-state index contributed by atoms with van der Waals surface area (Å²) in [6.45, 7) is -0.561. The van der Waals surface area contributed by atoms with Gasteiger partial charge in [0, 0.05) is 6.07 Å². The minimum Gasteiger partial charge on any atom is -0.496 e. The molecular weight excluding hydrogens is 392 g/mol. The lowest BCUT2D eigenvalue weighted by atomic mass is 10.1. The number of anilines is 1. The molecule has 1 amide bonds. The molecule has 9 heteroatoms. The number of benzene rings is 3. The van der Waals surface area contributed by atoms with Gasteiger partial charge >= 0.3 is 5.97 Å². The summed E-state index contributed by atoms with van der Waals surface area (Å²) >= 11 is 0. The minimum atomic E-state index is -0.719. The Morgan fingerprint density at radius 1 is 0.967 bits per heavy atom. The Balaban J connectivity index is 1.70. The number of rotatable bonds is 7. The average molecular weight is 410 g/mol. The van der Waals surface area contributed by atoms with Crippen LogP contribution in [0.15, 0.2) is 54.6 Å². The quantitative estimate of drug-likeness (QED) is 0.359. The largest absolute Gasteiger partial charge is 0.496 e. The van der Waals surface area contributed by atoms with Gasteiger partial charge in [-0.25, -0.2) is 4.79 Å². The van der Waals surface area contributed by atoms with Crippen LogP contribution >= 0.6 is 0 Å². The van der Waals surface area contributed by atoms with Gasteiger partial charge in [-0.3, -0.25) is 14.9 Å². The number of fused-ring (bicyclic) bond motifs is 1. The van der Waals surface area contributed by atoms with E-state index in [1.54, 1.807) is 12.1 Å². The number of nitro benzene ring substituents is 1. The van der Waals surface area contributed by atoms with Crippen LogP contribution in [0.5, 0.6) is 11.5 Å². The third-order valence-electron chi connectivity index (χ3n) is 4.29. The van der Waals surface area contributed by atoms with Gasteiger partial charge in [0.15, 0.2) is 6.61 Å². The molecule has 0 unspecified atom stereocenters. The zero-order valence-corrected chi connectivity index (χ0v) is 16.2. The van der Waals surface area contributed by atoms with Gasteiger partial charge in [-0.1, -0.05) is 24.3 Å². The SMILES string of the molecule is COc1cc([N+](=O)[O-])ccc1NC(=O)COC(=O)c1cc2ccccc2cc1OC. The van der Waals surface area contributed by atoms with Gasteiger partial charge in [-0.05, 0) is 29.0 Å². The van der Waals surface area contributed by atoms with E-state index in [9.17, 15) is 19.7 Å². The first-order chi connectivity index (χ1) is 14.4. The van der Waals surface area contributed by atoms with Gasteiger partial charge in [0.1, 0.15) is 17.1 Å². The van der Waals surface area contributed by atoms with Crippen LogP contribution in [-0.2, 0) is 9.53 Å². The lowest BCUT2D eigenvalue weighted by molar-refractivity contribution is -0.384. The first-order valence-electron chi connectivity index (χ1n) is 8.79. The molecule has 0 fully saturated rings. The third kappa shape index (κ3) is 4.46. The number of carbonyl (C=O) groups is 2. The van der Waals surface area contributed by atoms with Gasteiger partial charge in [-0.15, -0.1) is 0 Å². The molecular formula is C21H18N2O7. The highest BCUT2D eigenvalue weighted by molar-refractivity contribution is 6.00. The Labute approximate surface area is 171 Å². The maximum absolute atomic E-state index is 12.5. The zero-order chi connectivity index (χ0) is 21.7. The first kappa shape index (κ1) is 20.6. The number of esters is 1. The van der Waals surface area contributed by atoms with Crippen molar-refractivity contribution in [1.82, 2.24) is 0 Å². The Morgan fingerprint density at radius 2 is 1.63 bits per heavy atom. The van der Waals surface area contributed by atoms with Crippen LogP contribution < -0.4 is 14.8 Å². The molecule has 0 spiro atoms. The smallest absolute Gasteiger partial charge is 0.342 e. The monoisotopic (exact) mass is 410 g/mol. The normalized spacial score (nSPS) is 10.3. The van der Waals surface area contributed by atoms with Gasteiger partial charge in [0.05, 0.1) is 30.9 Å². The van der Waals surface area contributed by atoms with Crippen molar-refractivity contribution in [3.8, 4) is 11.5 Å². The second kappa shape index (κ2) is 8.91. The number of nitrogens with one attached hydrogen (secondary N) is 1. The fourth-order valence-corrected chi connectivity index (χ4v) is 2.84. The Kier molecular flexibility index (Phi) is 6.11. The number of hydrogen-bond acceptors (Lipinski definition) is 7. The number of hydrogen-bond donors (Lipinski definition) is 1. The highest BCUT2D eigenvalue weighted by Gasteiger charge is 2.18. The van der Waals surface area contributed by atoms with Gasteiger partial charge in [-0.2, -0.15) is 0 Å². The van der Waals surface area contributed by atoms with E-state index in [1.807, 2.05) is 24.3 Å². The molecule has 3 rings (SSSR count). The van der Waals surface area contributed by atoms with Gasteiger partial charge in [0.25, 0.3) is 11.6 Å². The van der Waals surface area contributed by atoms with E-state index >= 15 is 0 Å². The summed E-state index contributed by atoms with van der Waals surface area (Å²) in [5, 5.41) is 15.1. The third-order valence-corrected chi connectivity index (χ3v) is 4.29. The van der Waals surface area contributed by atoms with Crippen LogP contribution in [0.1, 0.15) is 10.4 Å². The summed E-state index contributed by atoms with van der Waals surface area (Å²) in [6.07, 6.45) is 0. The molecule has 0 radical (unpaired) electrons. The van der Waals surface area contributed by atoms with E-state index < -0.39 is 23.4 Å². The fraction of sp³-hybridized carbons (Fsp3) is 0.143. The van der Waals surface area contributed by atoms with Gasteiger partial charge < -0.3 is 19.5 Å². The molecule has 0 aliphatic rings. The summed E-state index contributed by atoms with van der Waals surface area (Å²) in [5.41, 5.74) is 0.226. The molecule has 154 valence electrons. The maximum atomic E-state index is 12.5. The molecule has 30 heavy (non-hydrogen) atoms. The number of non-ortho nitro benzene ring substituents is 1. The maximum Gasteiger partial charge on any atom is 0.342 e. The van der Waals surface area contributed by atoms with E-state index in [-0.39, 0.29) is 22.7 Å². The highest BCUT2D eigenvalue weighted by Crippen LogP contribution is 2.29. The Hall–Kier alpha value is -4.14. The van der Waals surface area contributed by atoms with Crippen molar-refractivity contribution in [1.29, 1.82) is 0 Å². The molecule has 1 N–H and O–H groups in total. The molecule has 0 saturated carbocycles. The predicted molar refractivity (Wildman–Crippen MR) is 109 cm³/mol. The second-order valence-corrected chi connectivity index (χ2v) is 6.17. The van der Waals surface area contributed by atoms with Crippen LogP contribution in [0.25, 0.3) is 10.8 Å². The molecule has 0 aromatic heterocycles. The van der Waals surface area contributed by atoms with Crippen molar-refractivity contribution < 1.29 is 28.7 Å². The van der Waals surface area contributed by atoms with Crippen molar-refractivity contribution in [2.24, 2.45) is 0 Å². The first-order valence-corrected chi connectivity index (χ1v) is 8.79. The van der Waals surface area contributed by atoms with Crippen molar-refractivity contribution in [2.75, 3.05) is 26.1 Å². The molecule has 0 aliphatic carbocycles. The van der Waals surface area contributed by atoms with Crippen molar-refractivity contribution in [3.63, 3.8) is 0 Å². The van der Waals surface area contributed by atoms with E-state index in [1.165, 1.54) is 32.4 Å². The van der Waals surface area contributed by atoms with Crippen LogP contribution in [0.2, 0.25) is 0 Å². The molecule has 0 heterocycles. The number of methoxy groups -OCH3 is 2. The Morgan fingerprint density at radius 3 is 2.27 bits per heavy atom. The van der Waals surface area contributed by atoms with Crippen LogP contribution in [0, 0.1) is 10.1 Å². The van der Waals surface area contributed by atoms with E-state index in [0.29, 0.717) is 5.75 Å². The summed E-state index contributed by atoms with van der Waals surface area (Å²) in [6, 6.07) is 14.5. The molecule has 3 aromatic rings. The summed E-state index contributed by atoms with van der Waals surface area (Å²) in [4.78, 5) is 34.9.